The highest BCUT2D eigenvalue weighted by Crippen LogP contribution is 2.64. The van der Waals surface area contributed by atoms with E-state index in [1.807, 2.05) is 6.92 Å². The van der Waals surface area contributed by atoms with Gasteiger partial charge in [-0.25, -0.2) is 14.6 Å². The number of nitrogens with zero attached hydrogens (tertiary/aromatic N) is 2. The standard InChI is InChI=1S/C19H30N2O7/c1-7-8-26-19(25-6)15-13(22)9-12-14(15)16(12)20(17(23)27-10(2)3)21(19)18(24)28-11(4)5/h10-12,14-16H,7-9H2,1-6H3/t12-,14-,15+,16-,19-/m1/s1. The number of hydrogen-bond acceptors (Lipinski definition) is 7. The first-order chi connectivity index (χ1) is 13.2. The zero-order chi connectivity index (χ0) is 20.8. The van der Waals surface area contributed by atoms with Crippen LogP contribution in [0.4, 0.5) is 9.59 Å². The van der Waals surface area contributed by atoms with E-state index >= 15 is 0 Å². The Morgan fingerprint density at radius 2 is 1.75 bits per heavy atom. The molecular weight excluding hydrogens is 368 g/mol. The van der Waals surface area contributed by atoms with Crippen LogP contribution in [-0.2, 0) is 23.7 Å². The van der Waals surface area contributed by atoms with E-state index in [2.05, 4.69) is 0 Å². The number of ketones is 1. The normalized spacial score (nSPS) is 33.4. The third kappa shape index (κ3) is 3.14. The van der Waals surface area contributed by atoms with Gasteiger partial charge in [-0.1, -0.05) is 6.92 Å². The molecule has 9 heteroatoms. The SMILES string of the molecule is CCCO[C@]1(OC)[C@H]2C(=O)C[C@@H]3[C@H]2[C@@H]3N(C(=O)OC(C)C)N1C(=O)OC(C)C. The molecule has 0 spiro atoms. The summed E-state index contributed by atoms with van der Waals surface area (Å²) in [4.78, 5) is 38.8. The van der Waals surface area contributed by atoms with Crippen molar-refractivity contribution in [1.29, 1.82) is 0 Å². The second-order valence-corrected chi connectivity index (χ2v) is 8.08. The molecule has 5 atom stereocenters. The highest BCUT2D eigenvalue weighted by Gasteiger charge is 2.79. The van der Waals surface area contributed by atoms with Crippen molar-refractivity contribution in [2.24, 2.45) is 17.8 Å². The maximum atomic E-state index is 13.1. The van der Waals surface area contributed by atoms with Crippen molar-refractivity contribution in [3.05, 3.63) is 0 Å². The van der Waals surface area contributed by atoms with Gasteiger partial charge in [0.1, 0.15) is 5.78 Å². The lowest BCUT2D eigenvalue weighted by Gasteiger charge is -2.51. The number of carbonyl (C=O) groups is 3. The summed E-state index contributed by atoms with van der Waals surface area (Å²) in [6.07, 6.45) is -1.31. The molecule has 0 aromatic heterocycles. The predicted octanol–water partition coefficient (Wildman–Crippen LogP) is 2.54. The van der Waals surface area contributed by atoms with Crippen LogP contribution in [0.5, 0.6) is 0 Å². The minimum atomic E-state index is -1.73. The zero-order valence-corrected chi connectivity index (χ0v) is 17.3. The second kappa shape index (κ2) is 7.51. The van der Waals surface area contributed by atoms with Crippen LogP contribution >= 0.6 is 0 Å². The Morgan fingerprint density at radius 3 is 2.29 bits per heavy atom. The van der Waals surface area contributed by atoms with Gasteiger partial charge in [0.2, 0.25) is 0 Å². The molecule has 2 aliphatic carbocycles. The number of amides is 2. The predicted molar refractivity (Wildman–Crippen MR) is 96.8 cm³/mol. The molecule has 0 bridgehead atoms. The first kappa shape index (κ1) is 20.9. The fraction of sp³-hybridized carbons (Fsp3) is 0.842. The molecule has 0 unspecified atom stereocenters. The molecular formula is C19H30N2O7. The summed E-state index contributed by atoms with van der Waals surface area (Å²) in [7, 11) is 1.38. The van der Waals surface area contributed by atoms with Gasteiger partial charge >= 0.3 is 12.2 Å². The second-order valence-electron chi connectivity index (χ2n) is 8.08. The van der Waals surface area contributed by atoms with Gasteiger partial charge in [0.25, 0.3) is 5.91 Å². The number of fused-ring (bicyclic) bond motifs is 1. The molecule has 3 aliphatic rings. The van der Waals surface area contributed by atoms with Crippen LogP contribution in [0, 0.1) is 17.8 Å². The number of ether oxygens (including phenoxy) is 4. The van der Waals surface area contributed by atoms with E-state index < -0.39 is 30.1 Å². The fourth-order valence-electron chi connectivity index (χ4n) is 4.46. The quantitative estimate of drug-likeness (QED) is 0.635. The van der Waals surface area contributed by atoms with Crippen molar-refractivity contribution in [2.75, 3.05) is 13.7 Å². The average molecular weight is 398 g/mol. The van der Waals surface area contributed by atoms with E-state index in [4.69, 9.17) is 18.9 Å². The van der Waals surface area contributed by atoms with Gasteiger partial charge in [0, 0.05) is 19.4 Å². The summed E-state index contributed by atoms with van der Waals surface area (Å²) >= 11 is 0. The Kier molecular flexibility index (Phi) is 5.60. The summed E-state index contributed by atoms with van der Waals surface area (Å²) in [5, 5.41) is 2.29. The molecule has 0 aromatic carbocycles. The first-order valence-electron chi connectivity index (χ1n) is 9.92. The molecule has 1 saturated heterocycles. The molecule has 2 amide bonds. The summed E-state index contributed by atoms with van der Waals surface area (Å²) in [5.74, 6) is -2.58. The Balaban J connectivity index is 2.07. The molecule has 0 radical (unpaired) electrons. The number of rotatable bonds is 6. The van der Waals surface area contributed by atoms with Crippen LogP contribution in [0.2, 0.25) is 0 Å². The Morgan fingerprint density at radius 1 is 1.14 bits per heavy atom. The van der Waals surface area contributed by atoms with Crippen LogP contribution in [-0.4, -0.2) is 65.9 Å². The number of hydrogen-bond donors (Lipinski definition) is 0. The van der Waals surface area contributed by atoms with E-state index in [1.165, 1.54) is 12.1 Å². The molecule has 3 fully saturated rings. The maximum Gasteiger partial charge on any atom is 0.433 e. The minimum Gasteiger partial charge on any atom is -0.445 e. The molecule has 0 N–H and O–H groups in total. The lowest BCUT2D eigenvalue weighted by molar-refractivity contribution is -0.368. The highest BCUT2D eigenvalue weighted by molar-refractivity contribution is 5.89. The van der Waals surface area contributed by atoms with Crippen LogP contribution in [0.3, 0.4) is 0 Å². The van der Waals surface area contributed by atoms with Gasteiger partial charge in [-0.15, -0.1) is 0 Å². The molecule has 0 aromatic rings. The summed E-state index contributed by atoms with van der Waals surface area (Å²) < 4.78 is 22.5. The van der Waals surface area contributed by atoms with Crippen molar-refractivity contribution >= 4 is 18.0 Å². The van der Waals surface area contributed by atoms with Crippen LogP contribution in [0.1, 0.15) is 47.5 Å². The zero-order valence-electron chi connectivity index (χ0n) is 17.3. The van der Waals surface area contributed by atoms with Crippen molar-refractivity contribution < 1.29 is 33.3 Å². The Labute approximate surface area is 165 Å². The fourth-order valence-corrected chi connectivity index (χ4v) is 4.46. The van der Waals surface area contributed by atoms with Crippen LogP contribution in [0.25, 0.3) is 0 Å². The molecule has 28 heavy (non-hydrogen) atoms. The van der Waals surface area contributed by atoms with Crippen molar-refractivity contribution in [3.63, 3.8) is 0 Å². The number of methoxy groups -OCH3 is 1. The number of Topliss-reactive ketones (excluding diaryl/α,β-unsaturated/α-hetero) is 1. The lowest BCUT2D eigenvalue weighted by Crippen LogP contribution is -2.72. The van der Waals surface area contributed by atoms with Crippen LogP contribution in [0.15, 0.2) is 0 Å². The highest BCUT2D eigenvalue weighted by atomic mass is 16.7. The van der Waals surface area contributed by atoms with Crippen molar-refractivity contribution in [1.82, 2.24) is 10.0 Å². The smallest absolute Gasteiger partial charge is 0.433 e. The van der Waals surface area contributed by atoms with E-state index in [0.717, 1.165) is 5.01 Å². The molecule has 9 nitrogen and oxygen atoms in total. The van der Waals surface area contributed by atoms with Gasteiger partial charge in [-0.3, -0.25) is 4.79 Å². The third-order valence-electron chi connectivity index (χ3n) is 5.38. The largest absolute Gasteiger partial charge is 0.445 e. The first-order valence-corrected chi connectivity index (χ1v) is 9.92. The monoisotopic (exact) mass is 398 g/mol. The van der Waals surface area contributed by atoms with Gasteiger partial charge < -0.3 is 18.9 Å². The van der Waals surface area contributed by atoms with Gasteiger partial charge in [0.05, 0.1) is 30.8 Å². The van der Waals surface area contributed by atoms with E-state index in [-0.39, 0.29) is 36.4 Å². The third-order valence-corrected chi connectivity index (χ3v) is 5.38. The lowest BCUT2D eigenvalue weighted by atomic mass is 9.93. The van der Waals surface area contributed by atoms with E-state index in [1.54, 1.807) is 27.7 Å². The van der Waals surface area contributed by atoms with Gasteiger partial charge in [0.15, 0.2) is 0 Å². The Bertz CT molecular complexity index is 652. The van der Waals surface area contributed by atoms with Crippen molar-refractivity contribution in [3.8, 4) is 0 Å². The molecule has 1 aliphatic heterocycles. The molecule has 1 heterocycles. The average Bonchev–Trinajstić information content (AvgIpc) is 3.16. The Hall–Kier alpha value is -1.87. The number of hydrazine groups is 1. The maximum absolute atomic E-state index is 13.1. The van der Waals surface area contributed by atoms with Gasteiger partial charge in [-0.2, -0.15) is 5.01 Å². The minimum absolute atomic E-state index is 0.0246. The van der Waals surface area contributed by atoms with E-state index in [9.17, 15) is 14.4 Å². The molecule has 158 valence electrons. The van der Waals surface area contributed by atoms with Crippen molar-refractivity contribution in [2.45, 2.75) is 71.6 Å². The molecule has 3 rings (SSSR count). The molecule has 2 saturated carbocycles. The summed E-state index contributed by atoms with van der Waals surface area (Å²) in [6, 6.07) is -0.304. The summed E-state index contributed by atoms with van der Waals surface area (Å²) in [5.41, 5.74) is 0. The van der Waals surface area contributed by atoms with E-state index in [0.29, 0.717) is 12.8 Å². The van der Waals surface area contributed by atoms with Gasteiger partial charge in [-0.05, 0) is 40.0 Å². The van der Waals surface area contributed by atoms with Crippen LogP contribution < -0.4 is 0 Å². The summed E-state index contributed by atoms with van der Waals surface area (Å²) in [6.45, 7) is 9.03. The topological polar surface area (TPSA) is 94.6 Å². The number of carbonyl (C=O) groups excluding carboxylic acids is 3.